The van der Waals surface area contributed by atoms with Gasteiger partial charge in [-0.05, 0) is 24.5 Å². The normalized spacial score (nSPS) is 13.1. The number of thioether (sulfide) groups is 1. The van der Waals surface area contributed by atoms with E-state index in [1.165, 1.54) is 11.8 Å². The fraction of sp³-hybridized carbons (Fsp3) is 0.545. The van der Waals surface area contributed by atoms with Gasteiger partial charge in [0.15, 0.2) is 0 Å². The first-order chi connectivity index (χ1) is 7.02. The molecule has 1 heterocycles. The first-order valence-corrected chi connectivity index (χ1v) is 5.94. The van der Waals surface area contributed by atoms with E-state index in [4.69, 9.17) is 9.52 Å². The minimum Gasteiger partial charge on any atom is -0.480 e. The van der Waals surface area contributed by atoms with E-state index in [0.717, 1.165) is 11.3 Å². The fourth-order valence-electron chi connectivity index (χ4n) is 1.27. The van der Waals surface area contributed by atoms with Crippen LogP contribution in [-0.4, -0.2) is 16.3 Å². The van der Waals surface area contributed by atoms with Crippen LogP contribution < -0.4 is 0 Å². The number of aliphatic carboxylic acids is 1. The summed E-state index contributed by atoms with van der Waals surface area (Å²) in [5.74, 6) is 0.863. The van der Waals surface area contributed by atoms with Crippen molar-refractivity contribution in [1.29, 1.82) is 0 Å². The van der Waals surface area contributed by atoms with Crippen molar-refractivity contribution < 1.29 is 14.3 Å². The summed E-state index contributed by atoms with van der Waals surface area (Å²) in [6.07, 6.45) is 1.64. The SMILES string of the molecule is Cc1ccoc1CSC(C(=O)O)C(C)C. The lowest BCUT2D eigenvalue weighted by atomic mass is 10.1. The molecule has 3 nitrogen and oxygen atoms in total. The van der Waals surface area contributed by atoms with E-state index in [2.05, 4.69) is 0 Å². The van der Waals surface area contributed by atoms with Crippen molar-refractivity contribution >= 4 is 17.7 Å². The summed E-state index contributed by atoms with van der Waals surface area (Å²) in [6.45, 7) is 5.80. The second-order valence-electron chi connectivity index (χ2n) is 3.84. The highest BCUT2D eigenvalue weighted by molar-refractivity contribution is 7.99. The van der Waals surface area contributed by atoms with Gasteiger partial charge in [-0.2, -0.15) is 0 Å². The van der Waals surface area contributed by atoms with Crippen LogP contribution in [-0.2, 0) is 10.5 Å². The predicted octanol–water partition coefficient (Wildman–Crippen LogP) is 2.93. The van der Waals surface area contributed by atoms with Gasteiger partial charge in [0.1, 0.15) is 11.0 Å². The van der Waals surface area contributed by atoms with Gasteiger partial charge < -0.3 is 9.52 Å². The van der Waals surface area contributed by atoms with Crippen molar-refractivity contribution in [2.45, 2.75) is 31.8 Å². The molecule has 0 bridgehead atoms. The van der Waals surface area contributed by atoms with Gasteiger partial charge in [-0.15, -0.1) is 11.8 Å². The Hall–Kier alpha value is -0.900. The molecule has 1 N–H and O–H groups in total. The van der Waals surface area contributed by atoms with E-state index in [-0.39, 0.29) is 11.2 Å². The summed E-state index contributed by atoms with van der Waals surface area (Å²) < 4.78 is 5.26. The highest BCUT2D eigenvalue weighted by Gasteiger charge is 2.22. The van der Waals surface area contributed by atoms with Gasteiger partial charge in [-0.1, -0.05) is 13.8 Å². The molecule has 84 valence electrons. The molecule has 0 saturated heterocycles. The standard InChI is InChI=1S/C11H16O3S/c1-7(2)10(11(12)13)15-6-9-8(3)4-5-14-9/h4-5,7,10H,6H2,1-3H3,(H,12,13). The van der Waals surface area contributed by atoms with E-state index in [1.54, 1.807) is 6.26 Å². The number of hydrogen-bond donors (Lipinski definition) is 1. The Labute approximate surface area is 93.9 Å². The van der Waals surface area contributed by atoms with Crippen molar-refractivity contribution in [1.82, 2.24) is 0 Å². The quantitative estimate of drug-likeness (QED) is 0.841. The largest absolute Gasteiger partial charge is 0.480 e. The summed E-state index contributed by atoms with van der Waals surface area (Å²) in [6, 6.07) is 1.89. The maximum atomic E-state index is 10.9. The summed E-state index contributed by atoms with van der Waals surface area (Å²) in [7, 11) is 0. The molecule has 1 unspecified atom stereocenters. The number of carbonyl (C=O) groups is 1. The zero-order chi connectivity index (χ0) is 11.4. The molecule has 0 aromatic carbocycles. The molecule has 1 aromatic heterocycles. The monoisotopic (exact) mass is 228 g/mol. The molecule has 1 rings (SSSR count). The number of carboxylic acids is 1. The van der Waals surface area contributed by atoms with Crippen LogP contribution in [0, 0.1) is 12.8 Å². The highest BCUT2D eigenvalue weighted by Crippen LogP contribution is 2.25. The van der Waals surface area contributed by atoms with Crippen LogP contribution in [0.5, 0.6) is 0 Å². The number of rotatable bonds is 5. The molecule has 0 aliphatic rings. The number of carboxylic acid groups (broad SMARTS) is 1. The van der Waals surface area contributed by atoms with E-state index in [0.29, 0.717) is 5.75 Å². The Morgan fingerprint density at radius 2 is 2.27 bits per heavy atom. The molecule has 0 radical (unpaired) electrons. The minimum atomic E-state index is -0.751. The minimum absolute atomic E-state index is 0.128. The number of hydrogen-bond acceptors (Lipinski definition) is 3. The fourth-order valence-corrected chi connectivity index (χ4v) is 2.42. The van der Waals surface area contributed by atoms with Gasteiger partial charge in [0, 0.05) is 0 Å². The second-order valence-corrected chi connectivity index (χ2v) is 4.97. The Morgan fingerprint density at radius 1 is 1.60 bits per heavy atom. The molecule has 0 aliphatic carbocycles. The molecule has 1 atom stereocenters. The average molecular weight is 228 g/mol. The Balaban J connectivity index is 2.55. The Kier molecular flexibility index (Phi) is 4.27. The molecule has 0 fully saturated rings. The average Bonchev–Trinajstić information content (AvgIpc) is 2.51. The van der Waals surface area contributed by atoms with Crippen LogP contribution in [0.1, 0.15) is 25.2 Å². The van der Waals surface area contributed by atoms with Gasteiger partial charge >= 0.3 is 5.97 Å². The third-order valence-corrected chi connectivity index (χ3v) is 3.74. The Morgan fingerprint density at radius 3 is 2.67 bits per heavy atom. The highest BCUT2D eigenvalue weighted by atomic mass is 32.2. The summed E-state index contributed by atoms with van der Waals surface area (Å²) in [5, 5.41) is 8.62. The van der Waals surface area contributed by atoms with Crippen LogP contribution in [0.4, 0.5) is 0 Å². The van der Waals surface area contributed by atoms with E-state index in [1.807, 2.05) is 26.8 Å². The maximum Gasteiger partial charge on any atom is 0.316 e. The molecule has 4 heteroatoms. The van der Waals surface area contributed by atoms with Gasteiger partial charge in [-0.3, -0.25) is 4.79 Å². The van der Waals surface area contributed by atoms with Gasteiger partial charge in [0.05, 0.1) is 12.0 Å². The first-order valence-electron chi connectivity index (χ1n) is 4.89. The van der Waals surface area contributed by atoms with E-state index in [9.17, 15) is 4.79 Å². The molecule has 0 aliphatic heterocycles. The lowest BCUT2D eigenvalue weighted by Crippen LogP contribution is -2.22. The van der Waals surface area contributed by atoms with Crippen LogP contribution in [0.25, 0.3) is 0 Å². The lowest BCUT2D eigenvalue weighted by molar-refractivity contribution is -0.137. The molecule has 15 heavy (non-hydrogen) atoms. The van der Waals surface area contributed by atoms with Crippen LogP contribution >= 0.6 is 11.8 Å². The van der Waals surface area contributed by atoms with Crippen LogP contribution in [0.3, 0.4) is 0 Å². The Bertz CT molecular complexity index is 330. The molecule has 0 amide bonds. The maximum absolute atomic E-state index is 10.9. The smallest absolute Gasteiger partial charge is 0.316 e. The molecule has 1 aromatic rings. The molecule has 0 spiro atoms. The first kappa shape index (κ1) is 12.2. The lowest BCUT2D eigenvalue weighted by Gasteiger charge is -2.14. The van der Waals surface area contributed by atoms with Gasteiger partial charge in [-0.25, -0.2) is 0 Å². The summed E-state index contributed by atoms with van der Waals surface area (Å²) in [4.78, 5) is 10.9. The van der Waals surface area contributed by atoms with Crippen LogP contribution in [0.2, 0.25) is 0 Å². The molecular weight excluding hydrogens is 212 g/mol. The van der Waals surface area contributed by atoms with Crippen molar-refractivity contribution in [2.24, 2.45) is 5.92 Å². The molecule has 0 saturated carbocycles. The third kappa shape index (κ3) is 3.30. The van der Waals surface area contributed by atoms with E-state index >= 15 is 0 Å². The number of aryl methyl sites for hydroxylation is 1. The predicted molar refractivity (Wildman–Crippen MR) is 61.0 cm³/mol. The zero-order valence-electron chi connectivity index (χ0n) is 9.19. The molecular formula is C11H16O3S. The number of furan rings is 1. The van der Waals surface area contributed by atoms with Crippen molar-refractivity contribution in [3.05, 3.63) is 23.7 Å². The van der Waals surface area contributed by atoms with Crippen LogP contribution in [0.15, 0.2) is 16.7 Å². The van der Waals surface area contributed by atoms with Crippen molar-refractivity contribution in [3.8, 4) is 0 Å². The van der Waals surface area contributed by atoms with Crippen molar-refractivity contribution in [2.75, 3.05) is 0 Å². The third-order valence-electron chi connectivity index (χ3n) is 2.21. The van der Waals surface area contributed by atoms with Gasteiger partial charge in [0.25, 0.3) is 0 Å². The van der Waals surface area contributed by atoms with Gasteiger partial charge in [0.2, 0.25) is 0 Å². The van der Waals surface area contributed by atoms with Crippen molar-refractivity contribution in [3.63, 3.8) is 0 Å². The summed E-state index contributed by atoms with van der Waals surface area (Å²) in [5.41, 5.74) is 1.08. The zero-order valence-corrected chi connectivity index (χ0v) is 10.0. The second kappa shape index (κ2) is 5.26. The van der Waals surface area contributed by atoms with E-state index < -0.39 is 5.97 Å². The topological polar surface area (TPSA) is 50.4 Å². The summed E-state index contributed by atoms with van der Waals surface area (Å²) >= 11 is 1.42.